The Kier molecular flexibility index (Phi) is 5.85. The van der Waals surface area contributed by atoms with Crippen LogP contribution in [0.2, 0.25) is 0 Å². The van der Waals surface area contributed by atoms with E-state index in [9.17, 15) is 0 Å². The van der Waals surface area contributed by atoms with Crippen molar-refractivity contribution in [3.63, 3.8) is 0 Å². The molecule has 20 heavy (non-hydrogen) atoms. The largest absolute Gasteiger partial charge is 0.380 e. The third-order valence-electron chi connectivity index (χ3n) is 4.32. The van der Waals surface area contributed by atoms with E-state index in [0.717, 1.165) is 0 Å². The second-order valence-corrected chi connectivity index (χ2v) is 5.74. The lowest BCUT2D eigenvalue weighted by Gasteiger charge is -2.29. The van der Waals surface area contributed by atoms with Gasteiger partial charge in [0.05, 0.1) is 19.3 Å². The highest BCUT2D eigenvalue weighted by atomic mass is 35.5. The van der Waals surface area contributed by atoms with E-state index in [1.807, 2.05) is 0 Å². The van der Waals surface area contributed by atoms with Crippen molar-refractivity contribution in [2.75, 3.05) is 7.11 Å². The number of halogens is 1. The molecule has 2 aliphatic heterocycles. The topological polar surface area (TPSA) is 30.5 Å². The number of ether oxygens (including phenoxy) is 2. The zero-order valence-corrected chi connectivity index (χ0v) is 12.8. The van der Waals surface area contributed by atoms with Gasteiger partial charge in [0.25, 0.3) is 0 Å². The van der Waals surface area contributed by atoms with Crippen molar-refractivity contribution in [3.05, 3.63) is 35.4 Å². The van der Waals surface area contributed by atoms with Crippen LogP contribution in [0, 0.1) is 0 Å². The van der Waals surface area contributed by atoms with Crippen LogP contribution in [0.5, 0.6) is 0 Å². The molecule has 2 fully saturated rings. The normalized spacial score (nSPS) is 28.1. The number of hydrogen-bond donors (Lipinski definition) is 1. The molecule has 0 spiro atoms. The van der Waals surface area contributed by atoms with Gasteiger partial charge in [0.2, 0.25) is 0 Å². The van der Waals surface area contributed by atoms with Crippen LogP contribution < -0.4 is 5.32 Å². The molecular weight excluding hydrogens is 274 g/mol. The summed E-state index contributed by atoms with van der Waals surface area (Å²) in [4.78, 5) is 0. The average molecular weight is 298 g/mol. The maximum absolute atomic E-state index is 6.14. The van der Waals surface area contributed by atoms with Crippen LogP contribution in [0.3, 0.4) is 0 Å². The molecule has 1 aromatic rings. The molecule has 0 aliphatic carbocycles. The van der Waals surface area contributed by atoms with E-state index in [4.69, 9.17) is 9.47 Å². The standard InChI is InChI=1S/C16H23NO2.ClH/c1-18-10-12-4-2-3-5-13(12)11-19-16-8-14-6-7-15(9-16)17-14;/h2-5,14-17H,6-11H2,1H3;1H. The first-order valence-corrected chi connectivity index (χ1v) is 7.28. The molecule has 0 radical (unpaired) electrons. The molecule has 2 aliphatic rings. The molecule has 112 valence electrons. The molecule has 0 amide bonds. The molecule has 3 rings (SSSR count). The predicted octanol–water partition coefficient (Wildman–Crippen LogP) is 3.05. The monoisotopic (exact) mass is 297 g/mol. The van der Waals surface area contributed by atoms with Crippen LogP contribution in [-0.2, 0) is 22.7 Å². The highest BCUT2D eigenvalue weighted by molar-refractivity contribution is 5.85. The zero-order valence-electron chi connectivity index (χ0n) is 12.0. The Bertz CT molecular complexity index is 415. The number of piperidine rings is 1. The van der Waals surface area contributed by atoms with Crippen molar-refractivity contribution in [2.45, 2.75) is 57.1 Å². The molecule has 3 nitrogen and oxygen atoms in total. The summed E-state index contributed by atoms with van der Waals surface area (Å²) < 4.78 is 11.4. The smallest absolute Gasteiger partial charge is 0.0724 e. The summed E-state index contributed by atoms with van der Waals surface area (Å²) in [6.07, 6.45) is 5.41. The number of fused-ring (bicyclic) bond motifs is 2. The molecule has 1 aromatic carbocycles. The number of nitrogens with one attached hydrogen (secondary N) is 1. The first-order chi connectivity index (χ1) is 9.35. The molecule has 0 saturated carbocycles. The fraction of sp³-hybridized carbons (Fsp3) is 0.625. The first kappa shape index (κ1) is 15.8. The second-order valence-electron chi connectivity index (χ2n) is 5.74. The van der Waals surface area contributed by atoms with Gasteiger partial charge >= 0.3 is 0 Å². The maximum Gasteiger partial charge on any atom is 0.0724 e. The van der Waals surface area contributed by atoms with Crippen LogP contribution in [-0.4, -0.2) is 25.3 Å². The van der Waals surface area contributed by atoms with Gasteiger partial charge in [-0.1, -0.05) is 24.3 Å². The maximum atomic E-state index is 6.14. The van der Waals surface area contributed by atoms with Crippen LogP contribution in [0.1, 0.15) is 36.8 Å². The summed E-state index contributed by atoms with van der Waals surface area (Å²) in [5, 5.41) is 3.65. The van der Waals surface area contributed by atoms with Gasteiger partial charge in [-0.15, -0.1) is 12.4 Å². The zero-order chi connectivity index (χ0) is 13.1. The Labute approximate surface area is 127 Å². The van der Waals surface area contributed by atoms with E-state index in [1.54, 1.807) is 7.11 Å². The molecule has 2 bridgehead atoms. The molecule has 2 saturated heterocycles. The van der Waals surface area contributed by atoms with Crippen molar-refractivity contribution in [1.82, 2.24) is 5.32 Å². The highest BCUT2D eigenvalue weighted by Gasteiger charge is 2.33. The van der Waals surface area contributed by atoms with Crippen molar-refractivity contribution in [2.24, 2.45) is 0 Å². The number of methoxy groups -OCH3 is 1. The Morgan fingerprint density at radius 3 is 2.25 bits per heavy atom. The summed E-state index contributed by atoms with van der Waals surface area (Å²) in [6.45, 7) is 1.38. The minimum absolute atomic E-state index is 0. The molecule has 4 heteroatoms. The summed E-state index contributed by atoms with van der Waals surface area (Å²) in [5.74, 6) is 0. The van der Waals surface area contributed by atoms with Gasteiger partial charge in [0.1, 0.15) is 0 Å². The van der Waals surface area contributed by atoms with Crippen LogP contribution in [0.25, 0.3) is 0 Å². The van der Waals surface area contributed by atoms with Crippen molar-refractivity contribution in [1.29, 1.82) is 0 Å². The van der Waals surface area contributed by atoms with Gasteiger partial charge in [-0.05, 0) is 36.8 Å². The lowest BCUT2D eigenvalue weighted by atomic mass is 10.0. The lowest BCUT2D eigenvalue weighted by molar-refractivity contribution is 0.00835. The van der Waals surface area contributed by atoms with E-state index in [0.29, 0.717) is 31.4 Å². The average Bonchev–Trinajstić information content (AvgIpc) is 2.77. The van der Waals surface area contributed by atoms with Gasteiger partial charge in [-0.2, -0.15) is 0 Å². The SMILES string of the molecule is COCc1ccccc1COC1CC2CCC(C1)N2.Cl. The lowest BCUT2D eigenvalue weighted by Crippen LogP contribution is -2.41. The van der Waals surface area contributed by atoms with Gasteiger partial charge in [0.15, 0.2) is 0 Å². The third kappa shape index (κ3) is 3.73. The quantitative estimate of drug-likeness (QED) is 0.906. The Hall–Kier alpha value is -0.610. The molecule has 2 unspecified atom stereocenters. The van der Waals surface area contributed by atoms with Crippen LogP contribution in [0.15, 0.2) is 24.3 Å². The van der Waals surface area contributed by atoms with Crippen LogP contribution >= 0.6 is 12.4 Å². The molecule has 1 N–H and O–H groups in total. The summed E-state index contributed by atoms with van der Waals surface area (Å²) in [5.41, 5.74) is 2.50. The van der Waals surface area contributed by atoms with E-state index >= 15 is 0 Å². The van der Waals surface area contributed by atoms with Gasteiger partial charge in [-0.3, -0.25) is 0 Å². The van der Waals surface area contributed by atoms with Gasteiger partial charge in [-0.25, -0.2) is 0 Å². The summed E-state index contributed by atoms with van der Waals surface area (Å²) in [7, 11) is 1.74. The fourth-order valence-corrected chi connectivity index (χ4v) is 3.34. The second kappa shape index (κ2) is 7.41. The molecular formula is C16H24ClNO2. The van der Waals surface area contributed by atoms with E-state index in [2.05, 4.69) is 29.6 Å². The molecule has 0 aromatic heterocycles. The minimum Gasteiger partial charge on any atom is -0.380 e. The van der Waals surface area contributed by atoms with E-state index in [1.165, 1.54) is 36.8 Å². The third-order valence-corrected chi connectivity index (χ3v) is 4.32. The molecule has 2 heterocycles. The van der Waals surface area contributed by atoms with Gasteiger partial charge < -0.3 is 14.8 Å². The van der Waals surface area contributed by atoms with E-state index < -0.39 is 0 Å². The van der Waals surface area contributed by atoms with Crippen molar-refractivity contribution >= 4 is 12.4 Å². The Morgan fingerprint density at radius 1 is 1.05 bits per heavy atom. The highest BCUT2D eigenvalue weighted by Crippen LogP contribution is 2.29. The van der Waals surface area contributed by atoms with Gasteiger partial charge in [0, 0.05) is 19.2 Å². The Balaban J connectivity index is 0.00000147. The Morgan fingerprint density at radius 2 is 1.65 bits per heavy atom. The number of rotatable bonds is 5. The van der Waals surface area contributed by atoms with Crippen molar-refractivity contribution < 1.29 is 9.47 Å². The summed E-state index contributed by atoms with van der Waals surface area (Å²) >= 11 is 0. The van der Waals surface area contributed by atoms with Crippen LogP contribution in [0.4, 0.5) is 0 Å². The number of benzene rings is 1. The van der Waals surface area contributed by atoms with E-state index in [-0.39, 0.29) is 12.4 Å². The number of hydrogen-bond acceptors (Lipinski definition) is 3. The minimum atomic E-state index is 0. The fourth-order valence-electron chi connectivity index (χ4n) is 3.34. The summed E-state index contributed by atoms with van der Waals surface area (Å²) in [6, 6.07) is 9.78. The van der Waals surface area contributed by atoms with Crippen molar-refractivity contribution in [3.8, 4) is 0 Å². The predicted molar refractivity (Wildman–Crippen MR) is 82.2 cm³/mol. The molecule has 2 atom stereocenters. The first-order valence-electron chi connectivity index (χ1n) is 7.28.